The van der Waals surface area contributed by atoms with E-state index in [9.17, 15) is 9.90 Å². The van der Waals surface area contributed by atoms with Gasteiger partial charge in [-0.3, -0.25) is 4.79 Å². The van der Waals surface area contributed by atoms with Crippen LogP contribution in [-0.4, -0.2) is 40.1 Å². The van der Waals surface area contributed by atoms with E-state index >= 15 is 0 Å². The molecule has 0 unspecified atom stereocenters. The van der Waals surface area contributed by atoms with Crippen LogP contribution in [0.3, 0.4) is 0 Å². The summed E-state index contributed by atoms with van der Waals surface area (Å²) in [6.07, 6.45) is 4.89. The van der Waals surface area contributed by atoms with E-state index in [0.717, 1.165) is 25.7 Å². The minimum absolute atomic E-state index is 0.176. The number of carbonyl (C=O) groups excluding carboxylic acids is 1. The number of nitrogens with zero attached hydrogens (tertiary/aromatic N) is 2. The fraction of sp³-hybridized carbons (Fsp3) is 0.538. The fourth-order valence-electron chi connectivity index (χ4n) is 2.46. The minimum Gasteiger partial charge on any atom is -0.388 e. The summed E-state index contributed by atoms with van der Waals surface area (Å²) in [6.45, 7) is 0.325. The van der Waals surface area contributed by atoms with Crippen LogP contribution in [0, 0.1) is 0 Å². The molecule has 1 fully saturated rings. The first-order valence-corrected chi connectivity index (χ1v) is 6.96. The number of hydrogen-bond donors (Lipinski definition) is 1. The Kier molecular flexibility index (Phi) is 4.33. The van der Waals surface area contributed by atoms with E-state index in [0.29, 0.717) is 12.1 Å². The molecule has 2 rings (SSSR count). The second-order valence-electron chi connectivity index (χ2n) is 5.09. The van der Waals surface area contributed by atoms with E-state index in [-0.39, 0.29) is 16.1 Å². The normalized spacial score (nSPS) is 17.5. The number of rotatable bonds is 3. The number of hydrogen-bond acceptors (Lipinski definition) is 3. The van der Waals surface area contributed by atoms with Gasteiger partial charge < -0.3 is 10.0 Å². The molecule has 1 aromatic rings. The fourth-order valence-corrected chi connectivity index (χ4v) is 2.73. The van der Waals surface area contributed by atoms with Crippen molar-refractivity contribution in [2.75, 3.05) is 13.6 Å². The molecular weight excluding hydrogens is 287 g/mol. The highest BCUT2D eigenvalue weighted by Gasteiger charge is 2.33. The van der Waals surface area contributed by atoms with Crippen molar-refractivity contribution >= 4 is 29.1 Å². The van der Waals surface area contributed by atoms with Crippen molar-refractivity contribution < 1.29 is 9.90 Å². The molecule has 0 spiro atoms. The van der Waals surface area contributed by atoms with Crippen molar-refractivity contribution in [3.63, 3.8) is 0 Å². The van der Waals surface area contributed by atoms with Crippen LogP contribution in [0.4, 0.5) is 0 Å². The van der Waals surface area contributed by atoms with Crippen LogP contribution in [0.1, 0.15) is 36.0 Å². The van der Waals surface area contributed by atoms with E-state index in [4.69, 9.17) is 23.2 Å². The molecule has 1 aliphatic rings. The topological polar surface area (TPSA) is 53.4 Å². The lowest BCUT2D eigenvalue weighted by atomic mass is 10.0. The molecule has 0 aliphatic heterocycles. The first kappa shape index (κ1) is 14.6. The highest BCUT2D eigenvalue weighted by molar-refractivity contribution is 6.41. The molecule has 1 aromatic heterocycles. The Morgan fingerprint density at radius 3 is 2.68 bits per heavy atom. The minimum atomic E-state index is -0.756. The second-order valence-corrected chi connectivity index (χ2v) is 5.85. The summed E-state index contributed by atoms with van der Waals surface area (Å²) in [5.41, 5.74) is -0.382. The maximum Gasteiger partial charge on any atom is 0.255 e. The molecule has 104 valence electrons. The smallest absolute Gasteiger partial charge is 0.255 e. The van der Waals surface area contributed by atoms with Gasteiger partial charge in [-0.15, -0.1) is 0 Å². The Hall–Kier alpha value is -0.840. The standard InChI is InChI=1S/C13H16Cl2N2O2/c1-17(8-13(19)4-2-3-5-13)12(18)9-6-10(14)11(15)16-7-9/h6-7,19H,2-5,8H2,1H3. The summed E-state index contributed by atoms with van der Waals surface area (Å²) in [5, 5.41) is 10.7. The first-order chi connectivity index (χ1) is 8.91. The maximum absolute atomic E-state index is 12.2. The quantitative estimate of drug-likeness (QED) is 0.874. The highest BCUT2D eigenvalue weighted by atomic mass is 35.5. The van der Waals surface area contributed by atoms with Gasteiger partial charge in [0.2, 0.25) is 0 Å². The molecule has 1 heterocycles. The molecule has 0 saturated heterocycles. The predicted octanol–water partition coefficient (Wildman–Crippen LogP) is 2.77. The number of aliphatic hydroxyl groups is 1. The van der Waals surface area contributed by atoms with Gasteiger partial charge in [-0.25, -0.2) is 4.98 Å². The zero-order chi connectivity index (χ0) is 14.0. The van der Waals surface area contributed by atoms with Gasteiger partial charge in [-0.1, -0.05) is 36.0 Å². The third-order valence-electron chi connectivity index (χ3n) is 3.46. The molecular formula is C13H16Cl2N2O2. The Morgan fingerprint density at radius 1 is 1.47 bits per heavy atom. The molecule has 1 saturated carbocycles. The van der Waals surface area contributed by atoms with Gasteiger partial charge in [-0.05, 0) is 18.9 Å². The average molecular weight is 303 g/mol. The molecule has 1 amide bonds. The van der Waals surface area contributed by atoms with Crippen LogP contribution in [0.15, 0.2) is 12.3 Å². The molecule has 6 heteroatoms. The molecule has 4 nitrogen and oxygen atoms in total. The van der Waals surface area contributed by atoms with Gasteiger partial charge in [0.25, 0.3) is 5.91 Å². The van der Waals surface area contributed by atoms with Crippen LogP contribution in [0.2, 0.25) is 10.2 Å². The van der Waals surface area contributed by atoms with E-state index in [1.165, 1.54) is 17.2 Å². The van der Waals surface area contributed by atoms with Gasteiger partial charge in [0.15, 0.2) is 0 Å². The SMILES string of the molecule is CN(CC1(O)CCCC1)C(=O)c1cnc(Cl)c(Cl)c1. The third kappa shape index (κ3) is 3.38. The lowest BCUT2D eigenvalue weighted by molar-refractivity contribution is 0.0156. The maximum atomic E-state index is 12.2. The van der Waals surface area contributed by atoms with Gasteiger partial charge in [0.1, 0.15) is 5.15 Å². The molecule has 0 atom stereocenters. The number of carbonyl (C=O) groups is 1. The third-order valence-corrected chi connectivity index (χ3v) is 4.14. The van der Waals surface area contributed by atoms with Crippen molar-refractivity contribution in [3.05, 3.63) is 28.0 Å². The van der Waals surface area contributed by atoms with E-state index in [1.807, 2.05) is 0 Å². The Balaban J connectivity index is 2.08. The van der Waals surface area contributed by atoms with Crippen LogP contribution < -0.4 is 0 Å². The van der Waals surface area contributed by atoms with Crippen molar-refractivity contribution in [2.45, 2.75) is 31.3 Å². The summed E-state index contributed by atoms with van der Waals surface area (Å²) in [6, 6.07) is 1.49. The molecule has 0 bridgehead atoms. The van der Waals surface area contributed by atoms with Crippen molar-refractivity contribution in [2.24, 2.45) is 0 Å². The number of pyridine rings is 1. The lowest BCUT2D eigenvalue weighted by Crippen LogP contribution is -2.42. The predicted molar refractivity (Wildman–Crippen MR) is 74.6 cm³/mol. The van der Waals surface area contributed by atoms with Crippen molar-refractivity contribution in [1.82, 2.24) is 9.88 Å². The molecule has 19 heavy (non-hydrogen) atoms. The first-order valence-electron chi connectivity index (χ1n) is 6.20. The molecule has 1 aliphatic carbocycles. The number of halogens is 2. The number of amides is 1. The van der Waals surface area contributed by atoms with Crippen molar-refractivity contribution in [1.29, 1.82) is 0 Å². The van der Waals surface area contributed by atoms with Crippen LogP contribution in [0.5, 0.6) is 0 Å². The second kappa shape index (κ2) is 5.65. The Morgan fingerprint density at radius 2 is 2.11 bits per heavy atom. The van der Waals surface area contributed by atoms with Gasteiger partial charge in [0, 0.05) is 19.8 Å². The van der Waals surface area contributed by atoms with E-state index in [2.05, 4.69) is 4.98 Å². The molecule has 0 radical (unpaired) electrons. The van der Waals surface area contributed by atoms with Crippen molar-refractivity contribution in [3.8, 4) is 0 Å². The largest absolute Gasteiger partial charge is 0.388 e. The van der Waals surface area contributed by atoms with E-state index < -0.39 is 5.60 Å². The summed E-state index contributed by atoms with van der Waals surface area (Å²) >= 11 is 11.6. The monoisotopic (exact) mass is 302 g/mol. The molecule has 0 aromatic carbocycles. The summed E-state index contributed by atoms with van der Waals surface area (Å²) in [4.78, 5) is 17.6. The number of likely N-dealkylation sites (N-methyl/N-ethyl adjacent to an activating group) is 1. The number of aromatic nitrogens is 1. The van der Waals surface area contributed by atoms with Gasteiger partial charge in [-0.2, -0.15) is 0 Å². The summed E-state index contributed by atoms with van der Waals surface area (Å²) < 4.78 is 0. The average Bonchev–Trinajstić information content (AvgIpc) is 2.78. The Bertz CT molecular complexity index is 488. The van der Waals surface area contributed by atoms with Crippen LogP contribution in [-0.2, 0) is 0 Å². The molecule has 1 N–H and O–H groups in total. The summed E-state index contributed by atoms with van der Waals surface area (Å²) in [7, 11) is 1.67. The van der Waals surface area contributed by atoms with E-state index in [1.54, 1.807) is 7.05 Å². The lowest BCUT2D eigenvalue weighted by Gasteiger charge is -2.28. The zero-order valence-electron chi connectivity index (χ0n) is 10.7. The highest BCUT2D eigenvalue weighted by Crippen LogP contribution is 2.30. The van der Waals surface area contributed by atoms with Crippen LogP contribution in [0.25, 0.3) is 0 Å². The van der Waals surface area contributed by atoms with Gasteiger partial charge >= 0.3 is 0 Å². The Labute approximate surface area is 122 Å². The summed E-state index contributed by atoms with van der Waals surface area (Å²) in [5.74, 6) is -0.216. The van der Waals surface area contributed by atoms with Gasteiger partial charge in [0.05, 0.1) is 16.2 Å². The van der Waals surface area contributed by atoms with Crippen LogP contribution >= 0.6 is 23.2 Å². The zero-order valence-corrected chi connectivity index (χ0v) is 12.2.